The van der Waals surface area contributed by atoms with Crippen LogP contribution < -0.4 is 5.32 Å². The highest BCUT2D eigenvalue weighted by Crippen LogP contribution is 2.29. The second-order valence-corrected chi connectivity index (χ2v) is 8.92. The van der Waals surface area contributed by atoms with E-state index in [2.05, 4.69) is 31.0 Å². The summed E-state index contributed by atoms with van der Waals surface area (Å²) in [6.45, 7) is 2.20. The molecule has 2 aromatic heterocycles. The smallest absolute Gasteiger partial charge is 0.250 e. The Kier molecular flexibility index (Phi) is 7.56. The van der Waals surface area contributed by atoms with E-state index in [1.54, 1.807) is 13.1 Å². The summed E-state index contributed by atoms with van der Waals surface area (Å²) in [6, 6.07) is 9.57. The van der Waals surface area contributed by atoms with E-state index in [9.17, 15) is 4.79 Å². The minimum absolute atomic E-state index is 0.140. The predicted molar refractivity (Wildman–Crippen MR) is 127 cm³/mol. The zero-order chi connectivity index (χ0) is 23.0. The van der Waals surface area contributed by atoms with Crippen molar-refractivity contribution in [2.75, 3.05) is 5.32 Å². The van der Waals surface area contributed by atoms with Gasteiger partial charge in [0.2, 0.25) is 11.7 Å². The first-order valence-corrected chi connectivity index (χ1v) is 11.9. The second-order valence-electron chi connectivity index (χ2n) is 8.06. The first-order chi connectivity index (χ1) is 16.1. The van der Waals surface area contributed by atoms with Gasteiger partial charge in [-0.2, -0.15) is 0 Å². The largest absolute Gasteiger partial charge is 0.389 e. The standard InChI is InChI=1S/C23H27N7O2S/c1-16(17-9-5-3-6-10-17)13-20(31)25-23-24-19(15-33-23)14-32-27-21(18-11-7-4-8-12-18)22-26-28-29-30(22)2/h4,7-8,11-13,15,17H,3,5-6,9-10,14H2,1-2H3,(H,24,25,31)/b16-13-,27-21+. The molecule has 1 saturated carbocycles. The van der Waals surface area contributed by atoms with Crippen molar-refractivity contribution in [2.24, 2.45) is 18.1 Å². The minimum Gasteiger partial charge on any atom is -0.389 e. The van der Waals surface area contributed by atoms with Crippen molar-refractivity contribution < 1.29 is 9.63 Å². The average Bonchev–Trinajstić information content (AvgIpc) is 3.46. The van der Waals surface area contributed by atoms with Gasteiger partial charge in [-0.05, 0) is 36.1 Å². The first-order valence-electron chi connectivity index (χ1n) is 11.0. The second kappa shape index (κ2) is 11.0. The number of allylic oxidation sites excluding steroid dienone is 1. The molecule has 0 bridgehead atoms. The minimum atomic E-state index is -0.140. The Morgan fingerprint density at radius 1 is 1.27 bits per heavy atom. The van der Waals surface area contributed by atoms with Crippen LogP contribution in [-0.4, -0.2) is 36.8 Å². The summed E-state index contributed by atoms with van der Waals surface area (Å²) in [5.74, 6) is 0.872. The molecule has 0 saturated heterocycles. The molecule has 3 aromatic rings. The van der Waals surface area contributed by atoms with Crippen molar-refractivity contribution in [1.29, 1.82) is 0 Å². The molecule has 4 rings (SSSR count). The molecule has 1 aromatic carbocycles. The molecule has 0 atom stereocenters. The Labute approximate surface area is 196 Å². The Balaban J connectivity index is 1.37. The van der Waals surface area contributed by atoms with Crippen molar-refractivity contribution in [1.82, 2.24) is 25.2 Å². The lowest BCUT2D eigenvalue weighted by Gasteiger charge is -2.22. The van der Waals surface area contributed by atoms with Gasteiger partial charge >= 0.3 is 0 Å². The van der Waals surface area contributed by atoms with E-state index >= 15 is 0 Å². The maximum atomic E-state index is 12.4. The van der Waals surface area contributed by atoms with E-state index in [1.807, 2.05) is 42.6 Å². The molecule has 9 nitrogen and oxygen atoms in total. The number of anilines is 1. The molecule has 0 aliphatic heterocycles. The van der Waals surface area contributed by atoms with Crippen LogP contribution in [0.4, 0.5) is 5.13 Å². The molecule has 1 aliphatic carbocycles. The number of thiazole rings is 1. The Morgan fingerprint density at radius 3 is 2.79 bits per heavy atom. The van der Waals surface area contributed by atoms with Gasteiger partial charge in [-0.1, -0.05) is 60.3 Å². The van der Waals surface area contributed by atoms with Gasteiger partial charge in [0.1, 0.15) is 0 Å². The van der Waals surface area contributed by atoms with Gasteiger partial charge < -0.3 is 4.84 Å². The summed E-state index contributed by atoms with van der Waals surface area (Å²) in [4.78, 5) is 22.4. The van der Waals surface area contributed by atoms with E-state index in [0.717, 1.165) is 11.1 Å². The number of nitrogens with one attached hydrogen (secondary N) is 1. The third-order valence-corrected chi connectivity index (χ3v) is 6.44. The fourth-order valence-electron chi connectivity index (χ4n) is 3.87. The highest BCUT2D eigenvalue weighted by Gasteiger charge is 2.17. The molecule has 2 heterocycles. The summed E-state index contributed by atoms with van der Waals surface area (Å²) in [7, 11) is 1.74. The number of carbonyl (C=O) groups excluding carboxylic acids is 1. The van der Waals surface area contributed by atoms with Crippen molar-refractivity contribution >= 4 is 28.1 Å². The quantitative estimate of drug-likeness (QED) is 0.305. The number of benzene rings is 1. The van der Waals surface area contributed by atoms with Crippen molar-refractivity contribution in [2.45, 2.75) is 45.6 Å². The molecule has 0 spiro atoms. The normalized spacial score (nSPS) is 15.5. The fourth-order valence-corrected chi connectivity index (χ4v) is 4.56. The lowest BCUT2D eigenvalue weighted by molar-refractivity contribution is -0.112. The van der Waals surface area contributed by atoms with Gasteiger partial charge in [-0.15, -0.1) is 16.4 Å². The van der Waals surface area contributed by atoms with Gasteiger partial charge in [-0.25, -0.2) is 9.67 Å². The molecule has 172 valence electrons. The molecule has 10 heteroatoms. The lowest BCUT2D eigenvalue weighted by Crippen LogP contribution is -2.13. The maximum absolute atomic E-state index is 12.4. The summed E-state index contributed by atoms with van der Waals surface area (Å²) in [5, 5.41) is 21.1. The lowest BCUT2D eigenvalue weighted by atomic mass is 9.84. The molecule has 1 N–H and O–H groups in total. The summed E-state index contributed by atoms with van der Waals surface area (Å²) < 4.78 is 1.54. The van der Waals surface area contributed by atoms with Crippen LogP contribution in [0.25, 0.3) is 0 Å². The third-order valence-electron chi connectivity index (χ3n) is 5.64. The zero-order valence-electron chi connectivity index (χ0n) is 18.8. The Bertz CT molecular complexity index is 1130. The zero-order valence-corrected chi connectivity index (χ0v) is 19.6. The molecule has 0 unspecified atom stereocenters. The molecule has 1 fully saturated rings. The summed E-state index contributed by atoms with van der Waals surface area (Å²) in [6.07, 6.45) is 7.84. The van der Waals surface area contributed by atoms with E-state index in [-0.39, 0.29) is 12.5 Å². The highest BCUT2D eigenvalue weighted by molar-refractivity contribution is 7.13. The molecule has 33 heavy (non-hydrogen) atoms. The Morgan fingerprint density at radius 2 is 2.06 bits per heavy atom. The number of amides is 1. The number of carbonyl (C=O) groups is 1. The highest BCUT2D eigenvalue weighted by atomic mass is 32.1. The van der Waals surface area contributed by atoms with Crippen LogP contribution in [0, 0.1) is 5.92 Å². The Hall–Kier alpha value is -3.40. The number of nitrogens with zero attached hydrogens (tertiary/aromatic N) is 6. The first kappa shape index (κ1) is 22.8. The number of aryl methyl sites for hydroxylation is 1. The predicted octanol–water partition coefficient (Wildman–Crippen LogP) is 4.10. The van der Waals surface area contributed by atoms with Crippen LogP contribution in [0.15, 0.2) is 52.5 Å². The average molecular weight is 466 g/mol. The van der Waals surface area contributed by atoms with Crippen molar-refractivity contribution in [3.05, 3.63) is 64.4 Å². The monoisotopic (exact) mass is 465 g/mol. The van der Waals surface area contributed by atoms with Crippen molar-refractivity contribution in [3.8, 4) is 0 Å². The molecular weight excluding hydrogens is 438 g/mol. The summed E-state index contributed by atoms with van der Waals surface area (Å²) in [5.41, 5.74) is 3.18. The van der Waals surface area contributed by atoms with Crippen LogP contribution in [0.3, 0.4) is 0 Å². The molecule has 0 radical (unpaired) electrons. The van der Waals surface area contributed by atoms with Gasteiger partial charge in [0.15, 0.2) is 17.5 Å². The number of hydrogen-bond acceptors (Lipinski definition) is 8. The van der Waals surface area contributed by atoms with Crippen LogP contribution >= 0.6 is 11.3 Å². The van der Waals surface area contributed by atoms with Crippen LogP contribution in [0.1, 0.15) is 56.1 Å². The maximum Gasteiger partial charge on any atom is 0.250 e. The van der Waals surface area contributed by atoms with E-state index in [1.165, 1.54) is 48.1 Å². The number of oxime groups is 1. The van der Waals surface area contributed by atoms with E-state index < -0.39 is 0 Å². The number of aromatic nitrogens is 5. The van der Waals surface area contributed by atoms with Crippen LogP contribution in [0.5, 0.6) is 0 Å². The van der Waals surface area contributed by atoms with Crippen molar-refractivity contribution in [3.63, 3.8) is 0 Å². The molecular formula is C23H27N7O2S. The van der Waals surface area contributed by atoms with Crippen LogP contribution in [-0.2, 0) is 23.3 Å². The number of rotatable bonds is 8. The fraction of sp³-hybridized carbons (Fsp3) is 0.391. The van der Waals surface area contributed by atoms with Gasteiger partial charge in [-0.3, -0.25) is 10.1 Å². The van der Waals surface area contributed by atoms with Gasteiger partial charge in [0, 0.05) is 24.1 Å². The van der Waals surface area contributed by atoms with E-state index in [0.29, 0.717) is 28.3 Å². The van der Waals surface area contributed by atoms with Gasteiger partial charge in [0.05, 0.1) is 5.69 Å². The summed E-state index contributed by atoms with van der Waals surface area (Å²) >= 11 is 1.36. The van der Waals surface area contributed by atoms with E-state index in [4.69, 9.17) is 4.84 Å². The topological polar surface area (TPSA) is 107 Å². The molecule has 1 aliphatic rings. The van der Waals surface area contributed by atoms with Gasteiger partial charge in [0.25, 0.3) is 0 Å². The van der Waals surface area contributed by atoms with Crippen LogP contribution in [0.2, 0.25) is 0 Å². The third kappa shape index (κ3) is 6.10. The number of hydrogen-bond donors (Lipinski definition) is 1. The SMILES string of the molecule is C/C(=C/C(=O)Nc1nc(CO/N=C(\c2ccccc2)c2nnnn2C)cs1)C1CCCCC1. The number of tetrazole rings is 1. The molecule has 1 amide bonds.